The fraction of sp³-hybridized carbons (Fsp3) is 0.429. The van der Waals surface area contributed by atoms with Gasteiger partial charge in [0.1, 0.15) is 0 Å². The Kier molecular flexibility index (Phi) is 3.97. The van der Waals surface area contributed by atoms with Crippen LogP contribution in [0.3, 0.4) is 0 Å². The maximum Gasteiger partial charge on any atom is 0.238 e. The van der Waals surface area contributed by atoms with E-state index in [2.05, 4.69) is 24.0 Å². The zero-order valence-electron chi connectivity index (χ0n) is 14.6. The van der Waals surface area contributed by atoms with Gasteiger partial charge in [-0.25, -0.2) is 0 Å². The quantitative estimate of drug-likeness (QED) is 0.483. The smallest absolute Gasteiger partial charge is 0.238 e. The summed E-state index contributed by atoms with van der Waals surface area (Å²) in [5.74, 6) is 6.44. The van der Waals surface area contributed by atoms with Crippen molar-refractivity contribution in [2.45, 2.75) is 12.8 Å². The van der Waals surface area contributed by atoms with Crippen LogP contribution in [0.4, 0.5) is 5.69 Å². The minimum atomic E-state index is -0.140. The topological polar surface area (TPSA) is 40.6 Å². The molecule has 0 aromatic heterocycles. The van der Waals surface area contributed by atoms with Crippen LogP contribution in [0, 0.1) is 35.5 Å². The van der Waals surface area contributed by atoms with Crippen LogP contribution in [0.5, 0.6) is 0 Å². The summed E-state index contributed by atoms with van der Waals surface area (Å²) in [5.41, 5.74) is 1.78. The highest BCUT2D eigenvalue weighted by molar-refractivity contribution is 6.22. The van der Waals surface area contributed by atoms with E-state index in [-0.39, 0.29) is 35.5 Å². The number of allylic oxidation sites excluding steroid dienone is 2. The van der Waals surface area contributed by atoms with E-state index in [1.54, 1.807) is 0 Å². The summed E-state index contributed by atoms with van der Waals surface area (Å²) < 4.78 is 0. The van der Waals surface area contributed by atoms with E-state index in [1.165, 1.54) is 4.90 Å². The number of carbonyl (C=O) groups excluding carboxylic acids is 2. The first kappa shape index (κ1) is 16.1. The maximum atomic E-state index is 12.8. The van der Waals surface area contributed by atoms with Gasteiger partial charge in [-0.1, -0.05) is 36.1 Å². The molecule has 25 heavy (non-hydrogen) atoms. The molecule has 1 heterocycles. The van der Waals surface area contributed by atoms with Crippen molar-refractivity contribution in [3.8, 4) is 11.8 Å². The molecular weight excluding hydrogens is 312 g/mol. The summed E-state index contributed by atoms with van der Waals surface area (Å²) in [4.78, 5) is 29.0. The van der Waals surface area contributed by atoms with E-state index in [1.807, 2.05) is 43.3 Å². The lowest BCUT2D eigenvalue weighted by molar-refractivity contribution is -0.123. The van der Waals surface area contributed by atoms with Crippen LogP contribution in [0.25, 0.3) is 0 Å². The zero-order valence-corrected chi connectivity index (χ0v) is 14.6. The van der Waals surface area contributed by atoms with E-state index in [9.17, 15) is 9.59 Å². The average molecular weight is 334 g/mol. The number of hydrogen-bond donors (Lipinski definition) is 0. The molecule has 1 aliphatic heterocycles. The van der Waals surface area contributed by atoms with E-state index >= 15 is 0 Å². The second kappa shape index (κ2) is 6.16. The monoisotopic (exact) mass is 334 g/mol. The first-order valence-electron chi connectivity index (χ1n) is 8.82. The Labute approximate surface area is 148 Å². The molecule has 3 aliphatic rings. The first-order valence-corrected chi connectivity index (χ1v) is 8.82. The Morgan fingerprint density at radius 2 is 1.60 bits per heavy atom. The molecule has 2 bridgehead atoms. The van der Waals surface area contributed by atoms with Gasteiger partial charge < -0.3 is 0 Å². The predicted octanol–water partition coefficient (Wildman–Crippen LogP) is 2.11. The van der Waals surface area contributed by atoms with Crippen LogP contribution in [-0.2, 0) is 16.0 Å². The Hall–Kier alpha value is -2.38. The average Bonchev–Trinajstić information content (AvgIpc) is 3.26. The summed E-state index contributed by atoms with van der Waals surface area (Å²) in [5, 5.41) is 0. The van der Waals surface area contributed by atoms with E-state index < -0.39 is 0 Å². The van der Waals surface area contributed by atoms with Crippen LogP contribution >= 0.6 is 0 Å². The molecule has 128 valence electrons. The van der Waals surface area contributed by atoms with Crippen molar-refractivity contribution in [1.82, 2.24) is 4.90 Å². The first-order chi connectivity index (χ1) is 12.1. The lowest BCUT2D eigenvalue weighted by Crippen LogP contribution is -2.32. The summed E-state index contributed by atoms with van der Waals surface area (Å²) in [7, 11) is 3.98. The Morgan fingerprint density at radius 3 is 2.16 bits per heavy atom. The zero-order chi connectivity index (χ0) is 17.6. The Bertz CT molecular complexity index is 767. The molecule has 4 heteroatoms. The summed E-state index contributed by atoms with van der Waals surface area (Å²) in [6, 6.07) is 7.66. The molecule has 2 aliphatic carbocycles. The molecule has 1 aromatic carbocycles. The standard InChI is InChI=1S/C21H22N2O2/c1-22(2)12-4-3-5-14-6-10-17(11-7-14)23-20(24)18-15-8-9-16(13-15)19(18)21(23)25/h6-11,15-16,18-19H,5,12-13H2,1-2H3. The minimum Gasteiger partial charge on any atom is -0.299 e. The third-order valence-electron chi connectivity index (χ3n) is 5.48. The normalized spacial score (nSPS) is 29.3. The highest BCUT2D eigenvalue weighted by atomic mass is 16.2. The predicted molar refractivity (Wildman–Crippen MR) is 96.7 cm³/mol. The number of anilines is 1. The molecule has 4 atom stereocenters. The van der Waals surface area contributed by atoms with Gasteiger partial charge in [0, 0.05) is 6.42 Å². The van der Waals surface area contributed by atoms with Crippen molar-refractivity contribution < 1.29 is 9.59 Å². The van der Waals surface area contributed by atoms with Crippen molar-refractivity contribution in [3.63, 3.8) is 0 Å². The molecule has 1 saturated heterocycles. The largest absolute Gasteiger partial charge is 0.299 e. The number of hydrogen-bond acceptors (Lipinski definition) is 3. The van der Waals surface area contributed by atoms with Gasteiger partial charge in [0.15, 0.2) is 0 Å². The van der Waals surface area contributed by atoms with Crippen LogP contribution in [-0.4, -0.2) is 37.4 Å². The number of imide groups is 1. The summed E-state index contributed by atoms with van der Waals surface area (Å²) in [6.07, 6.45) is 5.88. The Morgan fingerprint density at radius 1 is 1.00 bits per heavy atom. The third-order valence-corrected chi connectivity index (χ3v) is 5.48. The second-order valence-electron chi connectivity index (χ2n) is 7.45. The van der Waals surface area contributed by atoms with Crippen molar-refractivity contribution in [2.24, 2.45) is 23.7 Å². The molecule has 0 radical (unpaired) electrons. The van der Waals surface area contributed by atoms with Crippen LogP contribution in [0.2, 0.25) is 0 Å². The van der Waals surface area contributed by atoms with Crippen LogP contribution < -0.4 is 4.90 Å². The third kappa shape index (κ3) is 2.69. The molecular formula is C21H22N2O2. The van der Waals surface area contributed by atoms with Crippen LogP contribution in [0.15, 0.2) is 36.4 Å². The van der Waals surface area contributed by atoms with E-state index in [0.717, 1.165) is 18.5 Å². The molecule has 1 saturated carbocycles. The number of amides is 2. The highest BCUT2D eigenvalue weighted by Gasteiger charge is 2.59. The van der Waals surface area contributed by atoms with Gasteiger partial charge in [-0.15, -0.1) is 0 Å². The fourth-order valence-corrected chi connectivity index (χ4v) is 4.30. The molecule has 1 aromatic rings. The molecule has 4 nitrogen and oxygen atoms in total. The summed E-state index contributed by atoms with van der Waals surface area (Å²) in [6.45, 7) is 0.744. The molecule has 2 amide bonds. The molecule has 0 N–H and O–H groups in total. The van der Waals surface area contributed by atoms with Gasteiger partial charge >= 0.3 is 0 Å². The van der Waals surface area contributed by atoms with Gasteiger partial charge in [-0.2, -0.15) is 0 Å². The van der Waals surface area contributed by atoms with Gasteiger partial charge in [0.25, 0.3) is 0 Å². The van der Waals surface area contributed by atoms with Gasteiger partial charge in [-0.05, 0) is 50.0 Å². The fourth-order valence-electron chi connectivity index (χ4n) is 4.30. The van der Waals surface area contributed by atoms with Gasteiger partial charge in [0.2, 0.25) is 11.8 Å². The van der Waals surface area contributed by atoms with Crippen LogP contribution in [0.1, 0.15) is 12.0 Å². The van der Waals surface area contributed by atoms with Crippen molar-refractivity contribution >= 4 is 17.5 Å². The number of rotatable bonds is 3. The van der Waals surface area contributed by atoms with Gasteiger partial charge in [-0.3, -0.25) is 19.4 Å². The Balaban J connectivity index is 1.48. The van der Waals surface area contributed by atoms with E-state index in [0.29, 0.717) is 12.1 Å². The molecule has 4 rings (SSSR count). The lowest BCUT2D eigenvalue weighted by Gasteiger charge is -2.17. The van der Waals surface area contributed by atoms with Crippen molar-refractivity contribution in [1.29, 1.82) is 0 Å². The number of fused-ring (bicyclic) bond motifs is 5. The molecule has 2 fully saturated rings. The lowest BCUT2D eigenvalue weighted by atomic mass is 9.85. The number of benzene rings is 1. The van der Waals surface area contributed by atoms with Crippen molar-refractivity contribution in [2.75, 3.05) is 25.5 Å². The van der Waals surface area contributed by atoms with Crippen molar-refractivity contribution in [3.05, 3.63) is 42.0 Å². The SMILES string of the molecule is CN(C)CC#CCc1ccc(N2C(=O)C3C4C=CC(C4)C3C2=O)cc1. The number of carbonyl (C=O) groups is 2. The molecule has 0 spiro atoms. The minimum absolute atomic E-state index is 0.0228. The highest BCUT2D eigenvalue weighted by Crippen LogP contribution is 2.53. The summed E-state index contributed by atoms with van der Waals surface area (Å²) >= 11 is 0. The maximum absolute atomic E-state index is 12.8. The van der Waals surface area contributed by atoms with Gasteiger partial charge in [0.05, 0.1) is 24.1 Å². The number of nitrogens with zero attached hydrogens (tertiary/aromatic N) is 2. The second-order valence-corrected chi connectivity index (χ2v) is 7.45. The molecule has 4 unspecified atom stereocenters. The van der Waals surface area contributed by atoms with E-state index in [4.69, 9.17) is 0 Å².